The molecule has 0 atom stereocenters. The van der Waals surface area contributed by atoms with Gasteiger partial charge in [0.05, 0.1) is 0 Å². The van der Waals surface area contributed by atoms with Crippen LogP contribution in [0.25, 0.3) is 0 Å². The van der Waals surface area contributed by atoms with Crippen LogP contribution in [0.15, 0.2) is 42.6 Å². The molecule has 5 nitrogen and oxygen atoms in total. The number of amides is 1. The molecule has 1 amide bonds. The van der Waals surface area contributed by atoms with Crippen molar-refractivity contribution in [3.8, 4) is 0 Å². The van der Waals surface area contributed by atoms with Crippen molar-refractivity contribution in [2.24, 2.45) is 7.05 Å². The highest BCUT2D eigenvalue weighted by Gasteiger charge is 2.11. The molecule has 2 N–H and O–H groups in total. The fourth-order valence-corrected chi connectivity index (χ4v) is 1.99. The number of anilines is 1. The van der Waals surface area contributed by atoms with E-state index >= 15 is 0 Å². The third-order valence-electron chi connectivity index (χ3n) is 3.05. The third kappa shape index (κ3) is 3.26. The molecule has 0 fully saturated rings. The first-order valence-electron chi connectivity index (χ1n) is 6.30. The first kappa shape index (κ1) is 13.9. The second kappa shape index (κ2) is 6.06. The molecule has 5 heteroatoms. The number of carboxylic acid groups (broad SMARTS) is 1. The second-order valence-corrected chi connectivity index (χ2v) is 4.51. The fraction of sp³-hybridized carbons (Fsp3) is 0.200. The molecule has 1 heterocycles. The van der Waals surface area contributed by atoms with Gasteiger partial charge in [-0.25, -0.2) is 0 Å². The summed E-state index contributed by atoms with van der Waals surface area (Å²) in [4.78, 5) is 22.8. The van der Waals surface area contributed by atoms with Gasteiger partial charge in [-0.3, -0.25) is 9.59 Å². The first-order valence-corrected chi connectivity index (χ1v) is 6.30. The van der Waals surface area contributed by atoms with Crippen LogP contribution in [0.4, 0.5) is 5.69 Å². The van der Waals surface area contributed by atoms with Gasteiger partial charge < -0.3 is 15.0 Å². The summed E-state index contributed by atoms with van der Waals surface area (Å²) in [7, 11) is 1.80. The highest BCUT2D eigenvalue weighted by molar-refractivity contribution is 6.03. The number of nitrogens with zero attached hydrogens (tertiary/aromatic N) is 1. The Kier molecular flexibility index (Phi) is 4.20. The van der Waals surface area contributed by atoms with Gasteiger partial charge in [-0.05, 0) is 30.2 Å². The highest BCUT2D eigenvalue weighted by atomic mass is 16.4. The molecule has 0 spiro atoms. The van der Waals surface area contributed by atoms with E-state index in [9.17, 15) is 9.59 Å². The second-order valence-electron chi connectivity index (χ2n) is 4.51. The molecular weight excluding hydrogens is 256 g/mol. The van der Waals surface area contributed by atoms with Crippen molar-refractivity contribution in [2.75, 3.05) is 5.32 Å². The number of benzene rings is 1. The average molecular weight is 272 g/mol. The zero-order valence-corrected chi connectivity index (χ0v) is 11.2. The van der Waals surface area contributed by atoms with Crippen molar-refractivity contribution in [1.82, 2.24) is 4.57 Å². The topological polar surface area (TPSA) is 71.3 Å². The normalized spacial score (nSPS) is 10.2. The van der Waals surface area contributed by atoms with Crippen LogP contribution < -0.4 is 5.32 Å². The predicted octanol–water partition coefficient (Wildman–Crippen LogP) is 2.29. The zero-order valence-electron chi connectivity index (χ0n) is 11.2. The van der Waals surface area contributed by atoms with E-state index in [4.69, 9.17) is 5.11 Å². The standard InChI is InChI=1S/C15H16N2O3/c1-17-10-4-7-13(17)15(20)16-12-6-3-2-5-11(12)8-9-14(18)19/h2-7,10H,8-9H2,1H3,(H,16,20)(H,18,19). The van der Waals surface area contributed by atoms with Crippen molar-refractivity contribution in [1.29, 1.82) is 0 Å². The van der Waals surface area contributed by atoms with E-state index in [1.54, 1.807) is 36.0 Å². The predicted molar refractivity (Wildman–Crippen MR) is 75.8 cm³/mol. The Labute approximate surface area is 116 Å². The molecule has 0 radical (unpaired) electrons. The SMILES string of the molecule is Cn1cccc1C(=O)Nc1ccccc1CCC(=O)O. The Morgan fingerprint density at radius 3 is 2.60 bits per heavy atom. The summed E-state index contributed by atoms with van der Waals surface area (Å²) in [6.07, 6.45) is 2.22. The number of rotatable bonds is 5. The van der Waals surface area contributed by atoms with Crippen molar-refractivity contribution in [2.45, 2.75) is 12.8 Å². The van der Waals surface area contributed by atoms with E-state index < -0.39 is 5.97 Å². The number of aromatic nitrogens is 1. The highest BCUT2D eigenvalue weighted by Crippen LogP contribution is 2.18. The van der Waals surface area contributed by atoms with Crippen LogP contribution in [0.2, 0.25) is 0 Å². The molecule has 1 aromatic carbocycles. The number of nitrogens with one attached hydrogen (secondary N) is 1. The maximum atomic E-state index is 12.1. The van der Waals surface area contributed by atoms with Gasteiger partial charge in [0.2, 0.25) is 0 Å². The molecule has 2 rings (SSSR count). The number of carboxylic acids is 1. The minimum Gasteiger partial charge on any atom is -0.481 e. The average Bonchev–Trinajstić information content (AvgIpc) is 2.84. The van der Waals surface area contributed by atoms with Gasteiger partial charge in [0.1, 0.15) is 5.69 Å². The van der Waals surface area contributed by atoms with Crippen molar-refractivity contribution < 1.29 is 14.7 Å². The number of hydrogen-bond acceptors (Lipinski definition) is 2. The van der Waals surface area contributed by atoms with E-state index in [0.717, 1.165) is 5.56 Å². The van der Waals surface area contributed by atoms with Gasteiger partial charge in [0, 0.05) is 25.4 Å². The first-order chi connectivity index (χ1) is 9.58. The quantitative estimate of drug-likeness (QED) is 0.877. The minimum absolute atomic E-state index is 0.0387. The van der Waals surface area contributed by atoms with E-state index in [-0.39, 0.29) is 12.3 Å². The summed E-state index contributed by atoms with van der Waals surface area (Å²) < 4.78 is 1.73. The Bertz CT molecular complexity index is 632. The van der Waals surface area contributed by atoms with E-state index in [1.165, 1.54) is 0 Å². The monoisotopic (exact) mass is 272 g/mol. The van der Waals surface area contributed by atoms with Crippen LogP contribution in [-0.2, 0) is 18.3 Å². The Morgan fingerprint density at radius 2 is 1.95 bits per heavy atom. The largest absolute Gasteiger partial charge is 0.481 e. The summed E-state index contributed by atoms with van der Waals surface area (Å²) in [6, 6.07) is 10.8. The molecule has 104 valence electrons. The van der Waals surface area contributed by atoms with Gasteiger partial charge in [-0.1, -0.05) is 18.2 Å². The maximum absolute atomic E-state index is 12.1. The number of aryl methyl sites for hydroxylation is 2. The summed E-state index contributed by atoms with van der Waals surface area (Å²) in [6.45, 7) is 0. The molecule has 0 saturated carbocycles. The number of aliphatic carboxylic acids is 1. The molecule has 0 saturated heterocycles. The van der Waals surface area contributed by atoms with Crippen molar-refractivity contribution in [3.05, 3.63) is 53.9 Å². The Balaban J connectivity index is 2.15. The lowest BCUT2D eigenvalue weighted by Crippen LogP contribution is -2.16. The lowest BCUT2D eigenvalue weighted by atomic mass is 10.1. The van der Waals surface area contributed by atoms with Gasteiger partial charge >= 0.3 is 5.97 Å². The molecule has 0 bridgehead atoms. The number of para-hydroxylation sites is 1. The van der Waals surface area contributed by atoms with Gasteiger partial charge in [0.15, 0.2) is 0 Å². The zero-order chi connectivity index (χ0) is 14.5. The minimum atomic E-state index is -0.853. The Hall–Kier alpha value is -2.56. The summed E-state index contributed by atoms with van der Waals surface area (Å²) in [5.41, 5.74) is 2.02. The summed E-state index contributed by atoms with van der Waals surface area (Å²) in [5.74, 6) is -1.06. The van der Waals surface area contributed by atoms with Crippen LogP contribution in [-0.4, -0.2) is 21.6 Å². The van der Waals surface area contributed by atoms with E-state index in [1.807, 2.05) is 18.2 Å². The van der Waals surface area contributed by atoms with Crippen molar-refractivity contribution >= 4 is 17.6 Å². The van der Waals surface area contributed by atoms with Crippen LogP contribution in [0, 0.1) is 0 Å². The number of carbonyl (C=O) groups excluding carboxylic acids is 1. The van der Waals surface area contributed by atoms with Crippen LogP contribution in [0.5, 0.6) is 0 Å². The molecule has 1 aromatic heterocycles. The maximum Gasteiger partial charge on any atom is 0.303 e. The van der Waals surface area contributed by atoms with Gasteiger partial charge in [-0.15, -0.1) is 0 Å². The molecule has 0 aliphatic rings. The van der Waals surface area contributed by atoms with Crippen LogP contribution >= 0.6 is 0 Å². The van der Waals surface area contributed by atoms with Gasteiger partial charge in [-0.2, -0.15) is 0 Å². The molecule has 2 aromatic rings. The Morgan fingerprint density at radius 1 is 1.20 bits per heavy atom. The lowest BCUT2D eigenvalue weighted by Gasteiger charge is -2.10. The van der Waals surface area contributed by atoms with Gasteiger partial charge in [0.25, 0.3) is 5.91 Å². The van der Waals surface area contributed by atoms with E-state index in [2.05, 4.69) is 5.32 Å². The lowest BCUT2D eigenvalue weighted by molar-refractivity contribution is -0.136. The number of hydrogen-bond donors (Lipinski definition) is 2. The molecule has 0 aliphatic carbocycles. The molecular formula is C15H16N2O3. The summed E-state index contributed by atoms with van der Waals surface area (Å²) >= 11 is 0. The molecule has 20 heavy (non-hydrogen) atoms. The van der Waals surface area contributed by atoms with Crippen LogP contribution in [0.3, 0.4) is 0 Å². The van der Waals surface area contributed by atoms with E-state index in [0.29, 0.717) is 17.8 Å². The van der Waals surface area contributed by atoms with Crippen molar-refractivity contribution in [3.63, 3.8) is 0 Å². The van der Waals surface area contributed by atoms with Crippen LogP contribution in [0.1, 0.15) is 22.5 Å². The molecule has 0 unspecified atom stereocenters. The molecule has 0 aliphatic heterocycles. The third-order valence-corrected chi connectivity index (χ3v) is 3.05. The number of carbonyl (C=O) groups is 2. The smallest absolute Gasteiger partial charge is 0.303 e. The summed E-state index contributed by atoms with van der Waals surface area (Å²) in [5, 5.41) is 11.6. The fourth-order valence-electron chi connectivity index (χ4n) is 1.99.